The molecule has 2 aromatic rings. The summed E-state index contributed by atoms with van der Waals surface area (Å²) in [7, 11) is -3.70. The molecule has 170 valence electrons. The Hall–Kier alpha value is -2.59. The zero-order valence-corrected chi connectivity index (χ0v) is 19.5. The van der Waals surface area contributed by atoms with Crippen molar-refractivity contribution in [2.75, 3.05) is 11.1 Å². The van der Waals surface area contributed by atoms with Crippen LogP contribution >= 0.6 is 11.6 Å². The number of hydrogen-bond acceptors (Lipinski definition) is 6. The molecule has 0 fully saturated rings. The van der Waals surface area contributed by atoms with Crippen LogP contribution in [-0.2, 0) is 21.3 Å². The van der Waals surface area contributed by atoms with Gasteiger partial charge in [0.25, 0.3) is 5.91 Å². The summed E-state index contributed by atoms with van der Waals surface area (Å²) in [5.41, 5.74) is 1.22. The van der Waals surface area contributed by atoms with Crippen molar-refractivity contribution in [1.82, 2.24) is 14.3 Å². The Bertz CT molecular complexity index is 1050. The Morgan fingerprint density at radius 2 is 2.00 bits per heavy atom. The molecule has 0 aliphatic carbocycles. The third kappa shape index (κ3) is 7.55. The van der Waals surface area contributed by atoms with Crippen LogP contribution < -0.4 is 10.0 Å². The summed E-state index contributed by atoms with van der Waals surface area (Å²) in [6, 6.07) is 5.02. The Labute approximate surface area is 187 Å². The summed E-state index contributed by atoms with van der Waals surface area (Å²) in [6.45, 7) is 7.38. The van der Waals surface area contributed by atoms with Gasteiger partial charge in [-0.1, -0.05) is 31.0 Å². The normalized spacial score (nSPS) is 11.4. The highest BCUT2D eigenvalue weighted by Gasteiger charge is 2.19. The Balaban J connectivity index is 2.09. The van der Waals surface area contributed by atoms with E-state index < -0.39 is 22.0 Å². The van der Waals surface area contributed by atoms with Crippen molar-refractivity contribution in [2.24, 2.45) is 0 Å². The van der Waals surface area contributed by atoms with Gasteiger partial charge in [-0.2, -0.15) is 0 Å². The summed E-state index contributed by atoms with van der Waals surface area (Å²) in [5, 5.41) is 3.00. The van der Waals surface area contributed by atoms with Crippen molar-refractivity contribution in [1.29, 1.82) is 0 Å². The topological polar surface area (TPSA) is 119 Å². The predicted molar refractivity (Wildman–Crippen MR) is 119 cm³/mol. The number of nitrogens with one attached hydrogen (secondary N) is 2. The maximum atomic E-state index is 12.3. The fraction of sp³-hybridized carbons (Fsp3) is 0.450. The summed E-state index contributed by atoms with van der Waals surface area (Å²) in [5.74, 6) is -0.363. The van der Waals surface area contributed by atoms with E-state index in [-0.39, 0.29) is 17.6 Å². The number of imidazole rings is 1. The van der Waals surface area contributed by atoms with Crippen LogP contribution in [0.3, 0.4) is 0 Å². The second-order valence-corrected chi connectivity index (χ2v) is 9.54. The van der Waals surface area contributed by atoms with Gasteiger partial charge in [0, 0.05) is 16.9 Å². The molecule has 0 bridgehead atoms. The number of nitrogens with zero attached hydrogens (tertiary/aromatic N) is 2. The molecule has 9 nitrogen and oxygen atoms in total. The first-order chi connectivity index (χ1) is 14.5. The lowest BCUT2D eigenvalue weighted by atomic mass is 10.2. The molecule has 1 heterocycles. The molecule has 0 atom stereocenters. The monoisotopic (exact) mass is 470 g/mol. The molecule has 0 unspecified atom stereocenters. The van der Waals surface area contributed by atoms with Crippen LogP contribution in [0.5, 0.6) is 0 Å². The van der Waals surface area contributed by atoms with Gasteiger partial charge in [0.2, 0.25) is 10.0 Å². The van der Waals surface area contributed by atoms with Gasteiger partial charge in [0.15, 0.2) is 0 Å². The van der Waals surface area contributed by atoms with Crippen molar-refractivity contribution in [3.63, 3.8) is 0 Å². The largest absolute Gasteiger partial charge is 0.447 e. The molecule has 0 aliphatic heterocycles. The third-order valence-corrected chi connectivity index (χ3v) is 5.88. The summed E-state index contributed by atoms with van der Waals surface area (Å²) in [6.07, 6.45) is 1.83. The SMILES string of the molecule is CCCCS(=O)(=O)NC(=O)c1cn(Cc2ccc(NC(=O)OC(C)C)cc2Cl)c(C)n1. The zero-order valence-electron chi connectivity index (χ0n) is 17.9. The number of benzene rings is 1. The number of unbranched alkanes of at least 4 members (excludes halogenated alkanes) is 1. The standard InChI is InChI=1S/C20H27ClN4O5S/c1-5-6-9-31(28,29)24-19(26)18-12-25(14(4)22-18)11-15-7-8-16(10-17(15)21)23-20(27)30-13(2)3/h7-8,10,12-13H,5-6,9,11H2,1-4H3,(H,23,27)(H,24,26). The molecule has 31 heavy (non-hydrogen) atoms. The zero-order chi connectivity index (χ0) is 23.2. The van der Waals surface area contributed by atoms with E-state index in [9.17, 15) is 18.0 Å². The van der Waals surface area contributed by atoms with Gasteiger partial charge in [-0.3, -0.25) is 10.1 Å². The van der Waals surface area contributed by atoms with Gasteiger partial charge in [-0.25, -0.2) is 22.9 Å². The highest BCUT2D eigenvalue weighted by molar-refractivity contribution is 7.90. The van der Waals surface area contributed by atoms with Crippen molar-refractivity contribution in [3.05, 3.63) is 46.5 Å². The van der Waals surface area contributed by atoms with E-state index in [0.29, 0.717) is 35.9 Å². The fourth-order valence-electron chi connectivity index (χ4n) is 2.66. The molecule has 1 aromatic heterocycles. The minimum atomic E-state index is -3.70. The molecule has 0 saturated carbocycles. The number of halogens is 1. The molecule has 11 heteroatoms. The number of sulfonamides is 1. The van der Waals surface area contributed by atoms with Gasteiger partial charge in [0.05, 0.1) is 18.4 Å². The van der Waals surface area contributed by atoms with Crippen LogP contribution in [0.25, 0.3) is 0 Å². The average Bonchev–Trinajstić information content (AvgIpc) is 3.02. The summed E-state index contributed by atoms with van der Waals surface area (Å²) >= 11 is 6.34. The number of rotatable bonds is 9. The molecular weight excluding hydrogens is 444 g/mol. The first-order valence-electron chi connectivity index (χ1n) is 9.85. The Kier molecular flexibility index (Phi) is 8.46. The molecular formula is C20H27ClN4O5S. The van der Waals surface area contributed by atoms with Gasteiger partial charge in [-0.15, -0.1) is 0 Å². The van der Waals surface area contributed by atoms with E-state index in [4.69, 9.17) is 16.3 Å². The summed E-state index contributed by atoms with van der Waals surface area (Å²) < 4.78 is 32.7. The lowest BCUT2D eigenvalue weighted by Crippen LogP contribution is -2.32. The van der Waals surface area contributed by atoms with Crippen LogP contribution in [0.4, 0.5) is 10.5 Å². The molecule has 0 saturated heterocycles. The van der Waals surface area contributed by atoms with E-state index in [1.165, 1.54) is 6.20 Å². The molecule has 2 amide bonds. The number of amides is 2. The van der Waals surface area contributed by atoms with Crippen LogP contribution in [0.1, 0.15) is 55.5 Å². The molecule has 2 rings (SSSR count). The average molecular weight is 471 g/mol. The number of aryl methyl sites for hydroxylation is 1. The van der Waals surface area contributed by atoms with Gasteiger partial charge < -0.3 is 9.30 Å². The number of carbonyl (C=O) groups is 2. The van der Waals surface area contributed by atoms with E-state index in [0.717, 1.165) is 5.56 Å². The third-order valence-electron chi connectivity index (χ3n) is 4.21. The molecule has 0 aliphatic rings. The number of anilines is 1. The maximum absolute atomic E-state index is 12.3. The van der Waals surface area contributed by atoms with E-state index in [1.54, 1.807) is 43.5 Å². The van der Waals surface area contributed by atoms with E-state index in [2.05, 4.69) is 10.3 Å². The van der Waals surface area contributed by atoms with E-state index in [1.807, 2.05) is 11.6 Å². The van der Waals surface area contributed by atoms with Crippen LogP contribution in [0.2, 0.25) is 5.02 Å². The minimum Gasteiger partial charge on any atom is -0.447 e. The highest BCUT2D eigenvalue weighted by atomic mass is 35.5. The van der Waals surface area contributed by atoms with Crippen molar-refractivity contribution in [3.8, 4) is 0 Å². The molecule has 2 N–H and O–H groups in total. The number of carbonyl (C=O) groups excluding carboxylic acids is 2. The smallest absolute Gasteiger partial charge is 0.411 e. The van der Waals surface area contributed by atoms with E-state index >= 15 is 0 Å². The first-order valence-corrected chi connectivity index (χ1v) is 11.9. The van der Waals surface area contributed by atoms with Crippen LogP contribution in [0.15, 0.2) is 24.4 Å². The van der Waals surface area contributed by atoms with Crippen molar-refractivity contribution in [2.45, 2.75) is 53.2 Å². The molecule has 1 aromatic carbocycles. The van der Waals surface area contributed by atoms with Crippen LogP contribution in [-0.4, -0.2) is 41.8 Å². The van der Waals surface area contributed by atoms with Crippen molar-refractivity contribution < 1.29 is 22.7 Å². The van der Waals surface area contributed by atoms with Gasteiger partial charge in [-0.05, 0) is 44.9 Å². The molecule has 0 spiro atoms. The second kappa shape index (κ2) is 10.6. The second-order valence-electron chi connectivity index (χ2n) is 7.29. The minimum absolute atomic E-state index is 0.00316. The van der Waals surface area contributed by atoms with Crippen LogP contribution in [0, 0.1) is 6.92 Å². The fourth-order valence-corrected chi connectivity index (χ4v) is 4.05. The Morgan fingerprint density at radius 3 is 2.61 bits per heavy atom. The lowest BCUT2D eigenvalue weighted by molar-refractivity contribution is 0.0976. The van der Waals surface area contributed by atoms with Gasteiger partial charge >= 0.3 is 6.09 Å². The Morgan fingerprint density at radius 1 is 1.29 bits per heavy atom. The predicted octanol–water partition coefficient (Wildman–Crippen LogP) is 3.71. The molecule has 0 radical (unpaired) electrons. The van der Waals surface area contributed by atoms with Crippen molar-refractivity contribution >= 4 is 39.3 Å². The highest BCUT2D eigenvalue weighted by Crippen LogP contribution is 2.23. The first kappa shape index (κ1) is 24.7. The quantitative estimate of drug-likeness (QED) is 0.576. The number of hydrogen-bond donors (Lipinski definition) is 2. The van der Waals surface area contributed by atoms with Gasteiger partial charge in [0.1, 0.15) is 11.5 Å². The lowest BCUT2D eigenvalue weighted by Gasteiger charge is -2.12. The number of aromatic nitrogens is 2. The number of ether oxygens (including phenoxy) is 1. The summed E-state index contributed by atoms with van der Waals surface area (Å²) in [4.78, 5) is 28.2. The maximum Gasteiger partial charge on any atom is 0.411 e.